The lowest BCUT2D eigenvalue weighted by molar-refractivity contribution is 0.191. The van der Waals surface area contributed by atoms with E-state index in [0.29, 0.717) is 18.4 Å². The molecule has 3 aromatic carbocycles. The van der Waals surface area contributed by atoms with Crippen LogP contribution in [-0.2, 0) is 0 Å². The molecular formula is C20H17N3O2. The highest BCUT2D eigenvalue weighted by atomic mass is 16.5. The lowest BCUT2D eigenvalue weighted by Crippen LogP contribution is -2.12. The third-order valence-electron chi connectivity index (χ3n) is 4.06. The van der Waals surface area contributed by atoms with Crippen LogP contribution < -0.4 is 5.32 Å². The molecule has 0 bridgehead atoms. The van der Waals surface area contributed by atoms with Crippen molar-refractivity contribution in [3.8, 4) is 11.5 Å². The average molecular weight is 331 g/mol. The van der Waals surface area contributed by atoms with Gasteiger partial charge < -0.3 is 14.9 Å². The van der Waals surface area contributed by atoms with Gasteiger partial charge in [-0.05, 0) is 39.7 Å². The van der Waals surface area contributed by atoms with Gasteiger partial charge in [0.05, 0.1) is 6.10 Å². The number of aliphatic hydroxyl groups is 1. The van der Waals surface area contributed by atoms with Gasteiger partial charge in [-0.2, -0.15) is 4.98 Å². The first-order valence-electron chi connectivity index (χ1n) is 8.09. The zero-order valence-corrected chi connectivity index (χ0v) is 13.5. The predicted molar refractivity (Wildman–Crippen MR) is 97.1 cm³/mol. The van der Waals surface area contributed by atoms with Gasteiger partial charge in [-0.25, -0.2) is 0 Å². The number of hydrogen-bond donors (Lipinski definition) is 2. The van der Waals surface area contributed by atoms with Gasteiger partial charge in [0.15, 0.2) is 0 Å². The maximum absolute atomic E-state index is 10.4. The van der Waals surface area contributed by atoms with Gasteiger partial charge in [-0.3, -0.25) is 0 Å². The van der Waals surface area contributed by atoms with E-state index in [1.165, 1.54) is 0 Å². The average Bonchev–Trinajstić information content (AvgIpc) is 3.15. The Morgan fingerprint density at radius 3 is 2.52 bits per heavy atom. The van der Waals surface area contributed by atoms with E-state index in [0.717, 1.165) is 21.9 Å². The molecular weight excluding hydrogens is 314 g/mol. The van der Waals surface area contributed by atoms with Crippen LogP contribution in [0.15, 0.2) is 77.3 Å². The molecule has 4 rings (SSSR count). The molecule has 0 aliphatic heterocycles. The largest absolute Gasteiger partial charge is 0.387 e. The van der Waals surface area contributed by atoms with Gasteiger partial charge in [0.2, 0.25) is 0 Å². The van der Waals surface area contributed by atoms with Gasteiger partial charge in [-0.15, -0.1) is 0 Å². The number of anilines is 1. The van der Waals surface area contributed by atoms with E-state index >= 15 is 0 Å². The van der Waals surface area contributed by atoms with Crippen molar-refractivity contribution in [2.24, 2.45) is 0 Å². The highest BCUT2D eigenvalue weighted by Crippen LogP contribution is 2.21. The van der Waals surface area contributed by atoms with E-state index in [-0.39, 0.29) is 0 Å². The summed E-state index contributed by atoms with van der Waals surface area (Å²) in [7, 11) is 0. The van der Waals surface area contributed by atoms with E-state index < -0.39 is 6.10 Å². The lowest BCUT2D eigenvalue weighted by Gasteiger charge is -2.12. The number of fused-ring (bicyclic) bond motifs is 1. The molecule has 0 radical (unpaired) electrons. The Bertz CT molecular complexity index is 982. The molecule has 5 nitrogen and oxygen atoms in total. The van der Waals surface area contributed by atoms with E-state index in [2.05, 4.69) is 15.5 Å². The number of benzene rings is 3. The quantitative estimate of drug-likeness (QED) is 0.577. The van der Waals surface area contributed by atoms with Crippen LogP contribution in [0.1, 0.15) is 11.7 Å². The smallest absolute Gasteiger partial charge is 0.263 e. The summed E-state index contributed by atoms with van der Waals surface area (Å²) >= 11 is 0. The molecule has 1 aromatic heterocycles. The fraction of sp³-hybridized carbons (Fsp3) is 0.100. The highest BCUT2D eigenvalue weighted by Gasteiger charge is 2.12. The molecule has 1 unspecified atom stereocenters. The first kappa shape index (κ1) is 15.4. The lowest BCUT2D eigenvalue weighted by atomic mass is 10.0. The van der Waals surface area contributed by atoms with Crippen LogP contribution in [0.5, 0.6) is 0 Å². The zero-order chi connectivity index (χ0) is 17.1. The van der Waals surface area contributed by atoms with Crippen LogP contribution >= 0.6 is 0 Å². The van der Waals surface area contributed by atoms with Crippen molar-refractivity contribution >= 4 is 16.7 Å². The summed E-state index contributed by atoms with van der Waals surface area (Å²) in [5.74, 6) is 0.807. The number of nitrogens with zero attached hydrogens (tertiary/aromatic N) is 2. The fourth-order valence-corrected chi connectivity index (χ4v) is 2.71. The SMILES string of the molecule is OC(CNc1noc(-c2ccccc2)n1)c1ccc2ccccc2c1. The van der Waals surface area contributed by atoms with Gasteiger partial charge in [0.25, 0.3) is 11.8 Å². The van der Waals surface area contributed by atoms with Crippen molar-refractivity contribution in [3.05, 3.63) is 78.4 Å². The summed E-state index contributed by atoms with van der Waals surface area (Å²) in [4.78, 5) is 4.30. The normalized spacial score (nSPS) is 12.2. The number of nitrogens with one attached hydrogen (secondary N) is 1. The summed E-state index contributed by atoms with van der Waals surface area (Å²) in [5, 5.41) is 19.6. The van der Waals surface area contributed by atoms with Crippen molar-refractivity contribution in [2.45, 2.75) is 6.10 Å². The maximum Gasteiger partial charge on any atom is 0.263 e. The topological polar surface area (TPSA) is 71.2 Å². The van der Waals surface area contributed by atoms with Crippen LogP contribution in [0.25, 0.3) is 22.2 Å². The number of aliphatic hydroxyl groups excluding tert-OH is 1. The fourth-order valence-electron chi connectivity index (χ4n) is 2.71. The van der Waals surface area contributed by atoms with Crippen LogP contribution in [0.4, 0.5) is 5.95 Å². The maximum atomic E-state index is 10.4. The molecule has 0 aliphatic rings. The van der Waals surface area contributed by atoms with Crippen molar-refractivity contribution in [1.29, 1.82) is 0 Å². The summed E-state index contributed by atoms with van der Waals surface area (Å²) in [5.41, 5.74) is 1.70. The van der Waals surface area contributed by atoms with Gasteiger partial charge in [0.1, 0.15) is 0 Å². The Hall–Kier alpha value is -3.18. The second-order valence-corrected chi connectivity index (χ2v) is 5.79. The van der Waals surface area contributed by atoms with E-state index in [9.17, 15) is 5.11 Å². The molecule has 4 aromatic rings. The highest BCUT2D eigenvalue weighted by molar-refractivity contribution is 5.83. The first-order chi connectivity index (χ1) is 12.3. The van der Waals surface area contributed by atoms with Gasteiger partial charge in [0, 0.05) is 12.1 Å². The monoisotopic (exact) mass is 331 g/mol. The Balaban J connectivity index is 1.44. The molecule has 124 valence electrons. The molecule has 1 heterocycles. The summed E-state index contributed by atoms with van der Waals surface area (Å²) < 4.78 is 5.24. The molecule has 5 heteroatoms. The molecule has 0 fully saturated rings. The van der Waals surface area contributed by atoms with Crippen molar-refractivity contribution < 1.29 is 9.63 Å². The molecule has 0 saturated carbocycles. The molecule has 2 N–H and O–H groups in total. The van der Waals surface area contributed by atoms with Gasteiger partial charge in [-0.1, -0.05) is 54.6 Å². The van der Waals surface area contributed by atoms with Crippen LogP contribution in [0.3, 0.4) is 0 Å². The number of aromatic nitrogens is 2. The van der Waals surface area contributed by atoms with Crippen LogP contribution in [0.2, 0.25) is 0 Å². The first-order valence-corrected chi connectivity index (χ1v) is 8.09. The molecule has 0 amide bonds. The summed E-state index contributed by atoms with van der Waals surface area (Å²) in [6.07, 6.45) is -0.664. The van der Waals surface area contributed by atoms with Crippen LogP contribution in [0, 0.1) is 0 Å². The number of hydrogen-bond acceptors (Lipinski definition) is 5. The van der Waals surface area contributed by atoms with E-state index in [1.807, 2.05) is 72.8 Å². The Morgan fingerprint density at radius 1 is 0.920 bits per heavy atom. The van der Waals surface area contributed by atoms with Gasteiger partial charge >= 0.3 is 0 Å². The van der Waals surface area contributed by atoms with Crippen LogP contribution in [-0.4, -0.2) is 21.8 Å². The molecule has 0 aliphatic carbocycles. The third kappa shape index (κ3) is 3.36. The summed E-state index contributed by atoms with van der Waals surface area (Å²) in [6, 6.07) is 23.6. The van der Waals surface area contributed by atoms with Crippen molar-refractivity contribution in [3.63, 3.8) is 0 Å². The Kier molecular flexibility index (Phi) is 4.14. The van der Waals surface area contributed by atoms with E-state index in [4.69, 9.17) is 4.52 Å². The third-order valence-corrected chi connectivity index (χ3v) is 4.06. The standard InChI is InChI=1S/C20H17N3O2/c24-18(17-11-10-14-6-4-5-9-16(14)12-17)13-21-20-22-19(25-23-20)15-7-2-1-3-8-15/h1-12,18,24H,13H2,(H,21,23). The van der Waals surface area contributed by atoms with Crippen molar-refractivity contribution in [1.82, 2.24) is 10.1 Å². The Morgan fingerprint density at radius 2 is 1.68 bits per heavy atom. The predicted octanol–water partition coefficient (Wildman–Crippen LogP) is 4.04. The summed E-state index contributed by atoms with van der Waals surface area (Å²) in [6.45, 7) is 0.298. The second-order valence-electron chi connectivity index (χ2n) is 5.79. The molecule has 0 saturated heterocycles. The Labute approximate surface area is 144 Å². The van der Waals surface area contributed by atoms with Crippen molar-refractivity contribution in [2.75, 3.05) is 11.9 Å². The minimum atomic E-state index is -0.664. The zero-order valence-electron chi connectivity index (χ0n) is 13.5. The van der Waals surface area contributed by atoms with E-state index in [1.54, 1.807) is 0 Å². The number of rotatable bonds is 5. The minimum Gasteiger partial charge on any atom is -0.387 e. The molecule has 0 spiro atoms. The molecule has 25 heavy (non-hydrogen) atoms. The second kappa shape index (κ2) is 6.75. The minimum absolute atomic E-state index is 0.298. The molecule has 1 atom stereocenters.